The molecule has 1 aromatic carbocycles. The third kappa shape index (κ3) is 1.77. The first-order valence-corrected chi connectivity index (χ1v) is 4.91. The van der Waals surface area contributed by atoms with Crippen LogP contribution in [0, 0.1) is 0 Å². The van der Waals surface area contributed by atoms with E-state index in [1.807, 2.05) is 24.3 Å². The molecule has 2 N–H and O–H groups in total. The molecule has 0 spiro atoms. The van der Waals surface area contributed by atoms with Gasteiger partial charge in [0.2, 0.25) is 0 Å². The van der Waals surface area contributed by atoms with E-state index in [1.54, 1.807) is 11.7 Å². The second-order valence-electron chi connectivity index (χ2n) is 3.65. The Balaban J connectivity index is 2.43. The zero-order chi connectivity index (χ0) is 11.7. The third-order valence-electron chi connectivity index (χ3n) is 2.54. The second kappa shape index (κ2) is 3.94. The summed E-state index contributed by atoms with van der Waals surface area (Å²) in [6, 6.07) is 7.45. The number of nitrogens with zero attached hydrogens (tertiary/aromatic N) is 2. The fourth-order valence-electron chi connectivity index (χ4n) is 1.71. The Morgan fingerprint density at radius 1 is 1.50 bits per heavy atom. The maximum absolute atomic E-state index is 10.6. The molecule has 84 valence electrons. The van der Waals surface area contributed by atoms with Crippen molar-refractivity contribution < 1.29 is 15.0 Å². The average Bonchev–Trinajstić information content (AvgIpc) is 2.55. The van der Waals surface area contributed by atoms with Gasteiger partial charge in [-0.15, -0.1) is 0 Å². The van der Waals surface area contributed by atoms with Crippen LogP contribution in [0.5, 0.6) is 0 Å². The summed E-state index contributed by atoms with van der Waals surface area (Å²) in [5.74, 6) is -1.22. The largest absolute Gasteiger partial charge is 0.479 e. The monoisotopic (exact) mass is 220 g/mol. The number of aliphatic carboxylic acids is 1. The first-order chi connectivity index (χ1) is 7.59. The lowest BCUT2D eigenvalue weighted by Gasteiger charge is -2.05. The van der Waals surface area contributed by atoms with Crippen LogP contribution in [0.25, 0.3) is 10.9 Å². The lowest BCUT2D eigenvalue weighted by molar-refractivity contribution is -0.146. The van der Waals surface area contributed by atoms with Gasteiger partial charge in [0.25, 0.3) is 0 Å². The minimum absolute atomic E-state index is 0.0619. The number of fused-ring (bicyclic) bond motifs is 1. The Morgan fingerprint density at radius 2 is 2.19 bits per heavy atom. The van der Waals surface area contributed by atoms with Gasteiger partial charge in [0.05, 0.1) is 5.52 Å². The van der Waals surface area contributed by atoms with Gasteiger partial charge >= 0.3 is 5.97 Å². The molecule has 1 aromatic heterocycles. The first kappa shape index (κ1) is 10.6. The number of hydrogen-bond acceptors (Lipinski definition) is 3. The molecule has 0 aliphatic heterocycles. The Kier molecular flexibility index (Phi) is 2.62. The number of aliphatic hydroxyl groups excluding tert-OH is 1. The molecular weight excluding hydrogens is 208 g/mol. The molecule has 0 amide bonds. The molecule has 2 rings (SSSR count). The molecular formula is C11H12N2O3. The topological polar surface area (TPSA) is 75.3 Å². The van der Waals surface area contributed by atoms with Crippen LogP contribution >= 0.6 is 0 Å². The predicted molar refractivity (Wildman–Crippen MR) is 58.1 cm³/mol. The summed E-state index contributed by atoms with van der Waals surface area (Å²) in [4.78, 5) is 10.6. The van der Waals surface area contributed by atoms with Gasteiger partial charge in [-0.2, -0.15) is 5.10 Å². The number of benzene rings is 1. The van der Waals surface area contributed by atoms with Gasteiger partial charge in [-0.3, -0.25) is 4.68 Å². The number of carboxylic acid groups (broad SMARTS) is 1. The zero-order valence-electron chi connectivity index (χ0n) is 8.79. The van der Waals surface area contributed by atoms with Crippen molar-refractivity contribution in [2.75, 3.05) is 0 Å². The molecule has 0 saturated heterocycles. The van der Waals surface area contributed by atoms with Gasteiger partial charge in [-0.1, -0.05) is 18.2 Å². The number of aliphatic hydroxyl groups is 1. The molecule has 16 heavy (non-hydrogen) atoms. The van der Waals surface area contributed by atoms with Gasteiger partial charge in [0.15, 0.2) is 6.10 Å². The Hall–Kier alpha value is -1.88. The van der Waals surface area contributed by atoms with E-state index in [4.69, 9.17) is 5.11 Å². The molecule has 0 fully saturated rings. The van der Waals surface area contributed by atoms with Crippen molar-refractivity contribution in [3.8, 4) is 0 Å². The maximum atomic E-state index is 10.6. The molecule has 5 heteroatoms. The van der Waals surface area contributed by atoms with Gasteiger partial charge < -0.3 is 10.2 Å². The highest BCUT2D eigenvalue weighted by atomic mass is 16.4. The average molecular weight is 220 g/mol. The number of rotatable bonds is 3. The molecule has 1 heterocycles. The van der Waals surface area contributed by atoms with Crippen molar-refractivity contribution in [2.24, 2.45) is 7.05 Å². The fraction of sp³-hybridized carbons (Fsp3) is 0.273. The summed E-state index contributed by atoms with van der Waals surface area (Å²) in [5, 5.41) is 23.1. The predicted octanol–water partition coefficient (Wildman–Crippen LogP) is 0.561. The summed E-state index contributed by atoms with van der Waals surface area (Å²) in [6.45, 7) is 0. The van der Waals surface area contributed by atoms with E-state index in [2.05, 4.69) is 5.10 Å². The summed E-state index contributed by atoms with van der Waals surface area (Å²) in [6.07, 6.45) is -1.33. The first-order valence-electron chi connectivity index (χ1n) is 4.91. The fourth-order valence-corrected chi connectivity index (χ4v) is 1.71. The van der Waals surface area contributed by atoms with Crippen molar-refractivity contribution in [3.05, 3.63) is 30.0 Å². The van der Waals surface area contributed by atoms with Crippen molar-refractivity contribution in [1.82, 2.24) is 9.78 Å². The Bertz CT molecular complexity index is 533. The molecule has 0 bridgehead atoms. The third-order valence-corrected chi connectivity index (χ3v) is 2.54. The lowest BCUT2D eigenvalue weighted by atomic mass is 10.1. The van der Waals surface area contributed by atoms with Crippen molar-refractivity contribution in [1.29, 1.82) is 0 Å². The smallest absolute Gasteiger partial charge is 0.332 e. The number of carbonyl (C=O) groups is 1. The lowest BCUT2D eigenvalue weighted by Crippen LogP contribution is -2.23. The zero-order valence-corrected chi connectivity index (χ0v) is 8.79. The van der Waals surface area contributed by atoms with Crippen LogP contribution in [0.3, 0.4) is 0 Å². The summed E-state index contributed by atoms with van der Waals surface area (Å²) in [5.41, 5.74) is 1.53. The molecule has 5 nitrogen and oxygen atoms in total. The van der Waals surface area contributed by atoms with Crippen LogP contribution in [-0.4, -0.2) is 32.1 Å². The van der Waals surface area contributed by atoms with E-state index < -0.39 is 12.1 Å². The van der Waals surface area contributed by atoms with E-state index >= 15 is 0 Å². The molecule has 0 aliphatic rings. The normalized spacial score (nSPS) is 12.9. The summed E-state index contributed by atoms with van der Waals surface area (Å²) in [7, 11) is 1.74. The van der Waals surface area contributed by atoms with Gasteiger partial charge in [0, 0.05) is 24.5 Å². The van der Waals surface area contributed by atoms with E-state index in [0.29, 0.717) is 0 Å². The molecule has 1 unspecified atom stereocenters. The number of aryl methyl sites for hydroxylation is 1. The van der Waals surface area contributed by atoms with Crippen LogP contribution in [0.1, 0.15) is 5.69 Å². The minimum atomic E-state index is -1.39. The van der Waals surface area contributed by atoms with Gasteiger partial charge in [0.1, 0.15) is 0 Å². The van der Waals surface area contributed by atoms with Crippen LogP contribution in [0.15, 0.2) is 24.3 Å². The highest BCUT2D eigenvalue weighted by Crippen LogP contribution is 2.18. The van der Waals surface area contributed by atoms with E-state index in [-0.39, 0.29) is 6.42 Å². The molecule has 0 radical (unpaired) electrons. The summed E-state index contributed by atoms with van der Waals surface area (Å²) >= 11 is 0. The highest BCUT2D eigenvalue weighted by molar-refractivity contribution is 5.82. The molecule has 1 atom stereocenters. The molecule has 0 aliphatic carbocycles. The molecule has 0 saturated carbocycles. The number of hydrogen-bond donors (Lipinski definition) is 2. The maximum Gasteiger partial charge on any atom is 0.332 e. The highest BCUT2D eigenvalue weighted by Gasteiger charge is 2.18. The minimum Gasteiger partial charge on any atom is -0.479 e. The van der Waals surface area contributed by atoms with Crippen molar-refractivity contribution >= 4 is 16.9 Å². The van der Waals surface area contributed by atoms with Crippen LogP contribution in [0.4, 0.5) is 0 Å². The van der Waals surface area contributed by atoms with Gasteiger partial charge in [-0.25, -0.2) is 4.79 Å². The summed E-state index contributed by atoms with van der Waals surface area (Å²) < 4.78 is 1.61. The van der Waals surface area contributed by atoms with Crippen LogP contribution < -0.4 is 0 Å². The van der Waals surface area contributed by atoms with E-state index in [0.717, 1.165) is 16.6 Å². The SMILES string of the molecule is Cn1nc2ccccc2c1CC(O)C(=O)O. The van der Waals surface area contributed by atoms with Gasteiger partial charge in [-0.05, 0) is 6.07 Å². The van der Waals surface area contributed by atoms with Crippen molar-refractivity contribution in [3.63, 3.8) is 0 Å². The van der Waals surface area contributed by atoms with E-state index in [9.17, 15) is 9.90 Å². The van der Waals surface area contributed by atoms with Crippen molar-refractivity contribution in [2.45, 2.75) is 12.5 Å². The Labute approximate surface area is 91.9 Å². The number of carboxylic acids is 1. The molecule has 2 aromatic rings. The standard InChI is InChI=1S/C11H12N2O3/c1-13-9(6-10(14)11(15)16)7-4-2-3-5-8(7)12-13/h2-5,10,14H,6H2,1H3,(H,15,16). The Morgan fingerprint density at radius 3 is 2.88 bits per heavy atom. The second-order valence-corrected chi connectivity index (χ2v) is 3.65. The van der Waals surface area contributed by atoms with Crippen LogP contribution in [0.2, 0.25) is 0 Å². The number of aromatic nitrogens is 2. The van der Waals surface area contributed by atoms with E-state index in [1.165, 1.54) is 0 Å². The quantitative estimate of drug-likeness (QED) is 0.792. The van der Waals surface area contributed by atoms with Crippen LogP contribution in [-0.2, 0) is 18.3 Å².